The van der Waals surface area contributed by atoms with Gasteiger partial charge in [-0.2, -0.15) is 0 Å². The molecule has 0 radical (unpaired) electrons. The van der Waals surface area contributed by atoms with Crippen LogP contribution >= 0.6 is 0 Å². The van der Waals surface area contributed by atoms with Crippen molar-refractivity contribution in [1.82, 2.24) is 10.3 Å². The molecule has 122 valence electrons. The molecule has 1 saturated heterocycles. The first-order chi connectivity index (χ1) is 10.8. The van der Waals surface area contributed by atoms with Crippen LogP contribution in [0.5, 0.6) is 0 Å². The Labute approximate surface area is 133 Å². The van der Waals surface area contributed by atoms with Crippen LogP contribution in [0.1, 0.15) is 22.5 Å². The lowest BCUT2D eigenvalue weighted by Gasteiger charge is -2.12. The molecule has 1 atom stereocenters. The van der Waals surface area contributed by atoms with E-state index in [1.165, 1.54) is 18.2 Å². The van der Waals surface area contributed by atoms with Crippen molar-refractivity contribution in [1.29, 1.82) is 0 Å². The Morgan fingerprint density at radius 3 is 2.87 bits per heavy atom. The second-order valence-electron chi connectivity index (χ2n) is 5.95. The molecule has 1 aromatic heterocycles. The fraction of sp³-hybridized carbons (Fsp3) is 0.375. The Bertz CT molecular complexity index is 875. The zero-order valence-electron chi connectivity index (χ0n) is 12.7. The van der Waals surface area contributed by atoms with Gasteiger partial charge >= 0.3 is 0 Å². The number of amides is 1. The molecule has 1 aliphatic heterocycles. The van der Waals surface area contributed by atoms with Gasteiger partial charge in [0.2, 0.25) is 0 Å². The first-order valence-electron chi connectivity index (χ1n) is 7.39. The topological polar surface area (TPSA) is 76.1 Å². The average molecular weight is 336 g/mol. The van der Waals surface area contributed by atoms with Crippen molar-refractivity contribution in [2.45, 2.75) is 13.3 Å². The number of nitrogens with one attached hydrogen (secondary N) is 1. The summed E-state index contributed by atoms with van der Waals surface area (Å²) in [5.41, 5.74) is 1.48. The number of pyridine rings is 1. The van der Waals surface area contributed by atoms with Crippen LogP contribution in [0.2, 0.25) is 0 Å². The average Bonchev–Trinajstić information content (AvgIpc) is 2.82. The Morgan fingerprint density at radius 1 is 1.39 bits per heavy atom. The van der Waals surface area contributed by atoms with Crippen LogP contribution in [0.15, 0.2) is 24.3 Å². The zero-order valence-corrected chi connectivity index (χ0v) is 13.5. The summed E-state index contributed by atoms with van der Waals surface area (Å²) in [6.45, 7) is 2.06. The molecule has 0 unspecified atom stereocenters. The van der Waals surface area contributed by atoms with Crippen molar-refractivity contribution >= 4 is 26.6 Å². The number of rotatable bonds is 3. The number of aryl methyl sites for hydroxylation is 1. The van der Waals surface area contributed by atoms with Gasteiger partial charge in [0.05, 0.1) is 22.6 Å². The van der Waals surface area contributed by atoms with Gasteiger partial charge in [0.1, 0.15) is 5.82 Å². The Morgan fingerprint density at radius 2 is 2.17 bits per heavy atom. The van der Waals surface area contributed by atoms with E-state index in [0.29, 0.717) is 35.1 Å². The number of nitrogens with zero attached hydrogens (tertiary/aromatic N) is 1. The lowest BCUT2D eigenvalue weighted by molar-refractivity contribution is 0.0950. The first-order valence-corrected chi connectivity index (χ1v) is 9.22. The number of aromatic nitrogens is 1. The maximum atomic E-state index is 13.3. The van der Waals surface area contributed by atoms with Gasteiger partial charge in [0.25, 0.3) is 5.91 Å². The van der Waals surface area contributed by atoms with E-state index in [2.05, 4.69) is 10.3 Å². The highest BCUT2D eigenvalue weighted by Gasteiger charge is 2.28. The molecule has 3 rings (SSSR count). The lowest BCUT2D eigenvalue weighted by Crippen LogP contribution is -2.30. The van der Waals surface area contributed by atoms with E-state index in [1.54, 1.807) is 13.0 Å². The van der Waals surface area contributed by atoms with E-state index >= 15 is 0 Å². The summed E-state index contributed by atoms with van der Waals surface area (Å²) >= 11 is 0. The minimum Gasteiger partial charge on any atom is -0.352 e. The molecule has 5 nitrogen and oxygen atoms in total. The second-order valence-corrected chi connectivity index (χ2v) is 8.18. The first kappa shape index (κ1) is 15.9. The molecule has 1 aromatic carbocycles. The smallest absolute Gasteiger partial charge is 0.252 e. The van der Waals surface area contributed by atoms with Gasteiger partial charge in [0, 0.05) is 23.7 Å². The molecule has 23 heavy (non-hydrogen) atoms. The van der Waals surface area contributed by atoms with Crippen LogP contribution in [0, 0.1) is 18.7 Å². The van der Waals surface area contributed by atoms with Gasteiger partial charge in [-0.1, -0.05) is 0 Å². The third kappa shape index (κ3) is 3.50. The van der Waals surface area contributed by atoms with Crippen molar-refractivity contribution in [3.63, 3.8) is 0 Å². The van der Waals surface area contributed by atoms with Crippen LogP contribution in [0.25, 0.3) is 10.9 Å². The van der Waals surface area contributed by atoms with E-state index in [0.717, 1.165) is 0 Å². The standard InChI is InChI=1S/C16H17FN2O3S/c1-10-6-14(13-3-2-12(17)7-15(13)19-10)16(20)18-8-11-4-5-23(21,22)9-11/h2-3,6-7,11H,4-5,8-9H2,1H3,(H,18,20)/t11-/m1/s1. The number of sulfone groups is 1. The molecule has 1 aliphatic rings. The van der Waals surface area contributed by atoms with Crippen molar-refractivity contribution in [2.75, 3.05) is 18.1 Å². The third-order valence-electron chi connectivity index (χ3n) is 4.02. The summed E-state index contributed by atoms with van der Waals surface area (Å²) in [6, 6.07) is 5.77. The highest BCUT2D eigenvalue weighted by Crippen LogP contribution is 2.21. The van der Waals surface area contributed by atoms with E-state index in [-0.39, 0.29) is 23.3 Å². The highest BCUT2D eigenvalue weighted by molar-refractivity contribution is 7.91. The monoisotopic (exact) mass is 336 g/mol. The van der Waals surface area contributed by atoms with Gasteiger partial charge < -0.3 is 5.32 Å². The van der Waals surface area contributed by atoms with Gasteiger partial charge in [-0.15, -0.1) is 0 Å². The SMILES string of the molecule is Cc1cc(C(=O)NC[C@H]2CCS(=O)(=O)C2)c2ccc(F)cc2n1. The van der Waals surface area contributed by atoms with Crippen molar-refractivity contribution in [2.24, 2.45) is 5.92 Å². The summed E-state index contributed by atoms with van der Waals surface area (Å²) in [4.78, 5) is 16.7. The van der Waals surface area contributed by atoms with E-state index in [9.17, 15) is 17.6 Å². The molecule has 0 spiro atoms. The van der Waals surface area contributed by atoms with Crippen molar-refractivity contribution < 1.29 is 17.6 Å². The molecule has 1 fully saturated rings. The molecule has 2 aromatic rings. The Balaban J connectivity index is 1.81. The zero-order chi connectivity index (χ0) is 16.6. The van der Waals surface area contributed by atoms with Crippen LogP contribution in [-0.2, 0) is 9.84 Å². The molecule has 1 amide bonds. The van der Waals surface area contributed by atoms with Gasteiger partial charge in [0.15, 0.2) is 9.84 Å². The van der Waals surface area contributed by atoms with E-state index in [1.807, 2.05) is 0 Å². The maximum Gasteiger partial charge on any atom is 0.252 e. The van der Waals surface area contributed by atoms with E-state index < -0.39 is 15.7 Å². The van der Waals surface area contributed by atoms with Crippen molar-refractivity contribution in [3.05, 3.63) is 41.3 Å². The molecule has 0 bridgehead atoms. The van der Waals surface area contributed by atoms with Gasteiger partial charge in [-0.3, -0.25) is 9.78 Å². The number of hydrogen-bond acceptors (Lipinski definition) is 4. The minimum absolute atomic E-state index is 0.0457. The number of hydrogen-bond donors (Lipinski definition) is 1. The highest BCUT2D eigenvalue weighted by atomic mass is 32.2. The molecule has 0 aliphatic carbocycles. The molecule has 1 N–H and O–H groups in total. The number of fused-ring (bicyclic) bond motifs is 1. The van der Waals surface area contributed by atoms with Crippen LogP contribution < -0.4 is 5.32 Å². The molecule has 0 saturated carbocycles. The van der Waals surface area contributed by atoms with Gasteiger partial charge in [-0.05, 0) is 37.5 Å². The predicted octanol–water partition coefficient (Wildman–Crippen LogP) is 1.85. The third-order valence-corrected chi connectivity index (χ3v) is 5.86. The number of halogens is 1. The van der Waals surface area contributed by atoms with Crippen LogP contribution in [-0.4, -0.2) is 37.4 Å². The minimum atomic E-state index is -2.96. The lowest BCUT2D eigenvalue weighted by atomic mass is 10.1. The Hall–Kier alpha value is -2.02. The second kappa shape index (κ2) is 5.88. The number of carbonyl (C=O) groups excluding carboxylic acids is 1. The predicted molar refractivity (Wildman–Crippen MR) is 85.5 cm³/mol. The molecule has 2 heterocycles. The number of carbonyl (C=O) groups is 1. The summed E-state index contributed by atoms with van der Waals surface area (Å²) < 4.78 is 36.2. The van der Waals surface area contributed by atoms with Crippen LogP contribution in [0.3, 0.4) is 0 Å². The van der Waals surface area contributed by atoms with E-state index in [4.69, 9.17) is 0 Å². The summed E-state index contributed by atoms with van der Waals surface area (Å²) in [6.07, 6.45) is 0.573. The maximum absolute atomic E-state index is 13.3. The largest absolute Gasteiger partial charge is 0.352 e. The quantitative estimate of drug-likeness (QED) is 0.928. The summed E-state index contributed by atoms with van der Waals surface area (Å²) in [7, 11) is -2.96. The summed E-state index contributed by atoms with van der Waals surface area (Å²) in [5.74, 6) is -0.441. The molecular weight excluding hydrogens is 319 g/mol. The number of benzene rings is 1. The Kier molecular flexibility index (Phi) is 4.06. The molecule has 7 heteroatoms. The van der Waals surface area contributed by atoms with Gasteiger partial charge in [-0.25, -0.2) is 12.8 Å². The normalized spacial score (nSPS) is 19.8. The fourth-order valence-electron chi connectivity index (χ4n) is 2.89. The van der Waals surface area contributed by atoms with Crippen molar-refractivity contribution in [3.8, 4) is 0 Å². The van der Waals surface area contributed by atoms with Crippen LogP contribution in [0.4, 0.5) is 4.39 Å². The fourth-order valence-corrected chi connectivity index (χ4v) is 4.75. The molecular formula is C16H17FN2O3S. The summed E-state index contributed by atoms with van der Waals surface area (Å²) in [5, 5.41) is 3.37.